The number of hydrogen-bond donors (Lipinski definition) is 0. The summed E-state index contributed by atoms with van der Waals surface area (Å²) in [6.07, 6.45) is 1.43. The molecule has 150 valence electrons. The molecule has 1 amide bonds. The van der Waals surface area contributed by atoms with Crippen molar-refractivity contribution >= 4 is 15.9 Å². The van der Waals surface area contributed by atoms with Gasteiger partial charge in [0.1, 0.15) is 11.9 Å². The lowest BCUT2D eigenvalue weighted by Gasteiger charge is -2.36. The monoisotopic (exact) mass is 413 g/mol. The molecule has 6 nitrogen and oxygen atoms in total. The number of amides is 1. The smallest absolute Gasteiger partial charge is 0.244 e. The number of sulfonamides is 1. The third-order valence-electron chi connectivity index (χ3n) is 5.71. The van der Waals surface area contributed by atoms with Crippen LogP contribution in [0.1, 0.15) is 24.0 Å². The maximum absolute atomic E-state index is 13.2. The third kappa shape index (κ3) is 3.41. The first-order valence-corrected chi connectivity index (χ1v) is 10.9. The number of piperazine rings is 1. The summed E-state index contributed by atoms with van der Waals surface area (Å²) >= 11 is 0. The predicted octanol–water partition coefficient (Wildman–Crippen LogP) is 2.26. The number of carbonyl (C=O) groups is 1. The summed E-state index contributed by atoms with van der Waals surface area (Å²) in [5.41, 5.74) is 0.309. The Morgan fingerprint density at radius 1 is 1.00 bits per heavy atom. The highest BCUT2D eigenvalue weighted by Gasteiger charge is 2.53. The van der Waals surface area contributed by atoms with Gasteiger partial charge in [-0.25, -0.2) is 12.8 Å². The molecule has 0 N–H and O–H groups in total. The summed E-state index contributed by atoms with van der Waals surface area (Å²) in [5.74, 6) is -0.368. The molecule has 0 spiro atoms. The summed E-state index contributed by atoms with van der Waals surface area (Å²) < 4.78 is 40.4. The molecular formula is C21H20FN3O3S. The fourth-order valence-electron chi connectivity index (χ4n) is 3.88. The zero-order chi connectivity index (χ0) is 20.6. The lowest BCUT2D eigenvalue weighted by Crippen LogP contribution is -2.52. The Morgan fingerprint density at radius 3 is 2.21 bits per heavy atom. The fraction of sp³-hybridized carbons (Fsp3) is 0.333. The van der Waals surface area contributed by atoms with Gasteiger partial charge in [-0.15, -0.1) is 0 Å². The first-order chi connectivity index (χ1) is 13.9. The van der Waals surface area contributed by atoms with Crippen LogP contribution in [0.3, 0.4) is 0 Å². The van der Waals surface area contributed by atoms with Gasteiger partial charge in [-0.2, -0.15) is 9.57 Å². The lowest BCUT2D eigenvalue weighted by molar-refractivity contribution is -0.135. The largest absolute Gasteiger partial charge is 0.339 e. The number of nitriles is 1. The average molecular weight is 413 g/mol. The van der Waals surface area contributed by atoms with Gasteiger partial charge in [0.2, 0.25) is 15.9 Å². The van der Waals surface area contributed by atoms with E-state index >= 15 is 0 Å². The van der Waals surface area contributed by atoms with E-state index in [1.54, 1.807) is 29.2 Å². The van der Waals surface area contributed by atoms with Crippen molar-refractivity contribution in [3.8, 4) is 6.07 Å². The minimum atomic E-state index is -3.80. The molecule has 8 heteroatoms. The van der Waals surface area contributed by atoms with Gasteiger partial charge < -0.3 is 4.90 Å². The van der Waals surface area contributed by atoms with Gasteiger partial charge in [-0.05, 0) is 42.7 Å². The second kappa shape index (κ2) is 7.25. The topological polar surface area (TPSA) is 81.5 Å². The maximum Gasteiger partial charge on any atom is 0.244 e. The van der Waals surface area contributed by atoms with Crippen LogP contribution in [0.15, 0.2) is 53.4 Å². The Kier molecular flexibility index (Phi) is 4.89. The van der Waals surface area contributed by atoms with E-state index < -0.39 is 15.4 Å². The molecule has 1 saturated carbocycles. The second-order valence-electron chi connectivity index (χ2n) is 7.39. The van der Waals surface area contributed by atoms with Crippen LogP contribution in [0.5, 0.6) is 0 Å². The van der Waals surface area contributed by atoms with E-state index in [0.717, 1.165) is 5.56 Å². The van der Waals surface area contributed by atoms with Crippen molar-refractivity contribution in [2.75, 3.05) is 26.2 Å². The summed E-state index contributed by atoms with van der Waals surface area (Å²) in [6.45, 7) is 0.923. The van der Waals surface area contributed by atoms with E-state index in [-0.39, 0.29) is 48.4 Å². The number of halogens is 1. The van der Waals surface area contributed by atoms with Crippen molar-refractivity contribution in [2.24, 2.45) is 0 Å². The third-order valence-corrected chi connectivity index (χ3v) is 7.66. The van der Waals surface area contributed by atoms with Gasteiger partial charge in [0.25, 0.3) is 0 Å². The van der Waals surface area contributed by atoms with E-state index in [1.807, 2.05) is 6.07 Å². The van der Waals surface area contributed by atoms with Crippen molar-refractivity contribution in [1.82, 2.24) is 9.21 Å². The van der Waals surface area contributed by atoms with Crippen molar-refractivity contribution < 1.29 is 17.6 Å². The molecule has 1 aliphatic carbocycles. The number of carbonyl (C=O) groups excluding carboxylic acids is 1. The van der Waals surface area contributed by atoms with E-state index in [4.69, 9.17) is 0 Å². The van der Waals surface area contributed by atoms with Crippen molar-refractivity contribution in [3.05, 3.63) is 65.5 Å². The average Bonchev–Trinajstić information content (AvgIpc) is 3.56. The van der Waals surface area contributed by atoms with E-state index in [1.165, 1.54) is 28.6 Å². The molecule has 2 aromatic rings. The van der Waals surface area contributed by atoms with Crippen molar-refractivity contribution in [1.29, 1.82) is 5.26 Å². The summed E-state index contributed by atoms with van der Waals surface area (Å²) in [5, 5.41) is 9.21. The molecule has 1 heterocycles. The highest BCUT2D eigenvalue weighted by molar-refractivity contribution is 7.89. The molecule has 0 bridgehead atoms. The summed E-state index contributed by atoms with van der Waals surface area (Å²) in [6, 6.07) is 14.1. The molecule has 2 fully saturated rings. The second-order valence-corrected chi connectivity index (χ2v) is 9.30. The molecule has 1 aliphatic heterocycles. The zero-order valence-electron chi connectivity index (χ0n) is 15.7. The Balaban J connectivity index is 1.48. The molecular weight excluding hydrogens is 393 g/mol. The van der Waals surface area contributed by atoms with Crippen molar-refractivity contribution in [3.63, 3.8) is 0 Å². The minimum absolute atomic E-state index is 0.00717. The Labute approximate surface area is 169 Å². The number of benzene rings is 2. The normalized spacial score (nSPS) is 18.8. The first kappa shape index (κ1) is 19.6. The summed E-state index contributed by atoms with van der Waals surface area (Å²) in [4.78, 5) is 14.8. The van der Waals surface area contributed by atoms with E-state index in [9.17, 15) is 22.9 Å². The number of nitrogens with zero attached hydrogens (tertiary/aromatic N) is 3. The van der Waals surface area contributed by atoms with Crippen molar-refractivity contribution in [2.45, 2.75) is 23.2 Å². The maximum atomic E-state index is 13.2. The molecule has 2 aromatic carbocycles. The van der Waals surface area contributed by atoms with Gasteiger partial charge in [0, 0.05) is 26.2 Å². The molecule has 0 radical (unpaired) electrons. The molecule has 29 heavy (non-hydrogen) atoms. The van der Waals surface area contributed by atoms with Crippen LogP contribution < -0.4 is 0 Å². The quantitative estimate of drug-likeness (QED) is 0.770. The molecule has 1 saturated heterocycles. The Morgan fingerprint density at radius 2 is 1.62 bits per heavy atom. The molecule has 0 atom stereocenters. The SMILES string of the molecule is N#Cc1ccccc1S(=O)(=O)N1CCN(C(=O)C2(c3ccc(F)cc3)CC2)CC1. The van der Waals surface area contributed by atoms with Gasteiger partial charge in [-0.3, -0.25) is 4.79 Å². The van der Waals surface area contributed by atoms with Crippen LogP contribution in [0, 0.1) is 17.1 Å². The fourth-order valence-corrected chi connectivity index (χ4v) is 5.44. The van der Waals surface area contributed by atoms with Crippen LogP contribution in [0.2, 0.25) is 0 Å². The van der Waals surface area contributed by atoms with Crippen LogP contribution in [0.25, 0.3) is 0 Å². The predicted molar refractivity (Wildman–Crippen MR) is 104 cm³/mol. The van der Waals surface area contributed by atoms with Gasteiger partial charge in [-0.1, -0.05) is 24.3 Å². The van der Waals surface area contributed by atoms with Crippen LogP contribution >= 0.6 is 0 Å². The Hall–Kier alpha value is -2.76. The van der Waals surface area contributed by atoms with Gasteiger partial charge in [0.15, 0.2) is 0 Å². The first-order valence-electron chi connectivity index (χ1n) is 9.43. The summed E-state index contributed by atoms with van der Waals surface area (Å²) in [7, 11) is -3.80. The van der Waals surface area contributed by atoms with Crippen LogP contribution in [-0.4, -0.2) is 49.7 Å². The van der Waals surface area contributed by atoms with Crippen LogP contribution in [0.4, 0.5) is 4.39 Å². The molecule has 2 aliphatic rings. The van der Waals surface area contributed by atoms with Gasteiger partial charge >= 0.3 is 0 Å². The molecule has 0 aromatic heterocycles. The zero-order valence-corrected chi connectivity index (χ0v) is 16.5. The van der Waals surface area contributed by atoms with Crippen LogP contribution in [-0.2, 0) is 20.2 Å². The number of rotatable bonds is 4. The highest BCUT2D eigenvalue weighted by Crippen LogP contribution is 2.49. The molecule has 0 unspecified atom stereocenters. The van der Waals surface area contributed by atoms with E-state index in [0.29, 0.717) is 12.8 Å². The Bertz CT molecular complexity index is 1080. The lowest BCUT2D eigenvalue weighted by atomic mass is 9.94. The van der Waals surface area contributed by atoms with E-state index in [2.05, 4.69) is 0 Å². The standard InChI is InChI=1S/C21H20FN3O3S/c22-18-7-5-17(6-8-18)21(9-10-21)20(26)24-11-13-25(14-12-24)29(27,28)19-4-2-1-3-16(19)15-23/h1-8H,9-14H2. The number of hydrogen-bond acceptors (Lipinski definition) is 4. The molecule has 4 rings (SSSR count). The highest BCUT2D eigenvalue weighted by atomic mass is 32.2. The van der Waals surface area contributed by atoms with Gasteiger partial charge in [0.05, 0.1) is 15.9 Å². The minimum Gasteiger partial charge on any atom is -0.339 e.